The monoisotopic (exact) mass is 340 g/mol. The number of fused-ring (bicyclic) bond motifs is 1. The van der Waals surface area contributed by atoms with Gasteiger partial charge in [0, 0.05) is 38.2 Å². The van der Waals surface area contributed by atoms with E-state index < -0.39 is 29.5 Å². The molecule has 2 N–H and O–H groups in total. The van der Waals surface area contributed by atoms with Crippen LogP contribution in [-0.2, 0) is 19.0 Å². The van der Waals surface area contributed by atoms with Crippen LogP contribution in [0.2, 0.25) is 0 Å². The maximum Gasteiger partial charge on any atom is 0.303 e. The highest BCUT2D eigenvalue weighted by molar-refractivity contribution is 5.66. The number of carbonyl (C=O) groups excluding carboxylic acids is 1. The molecule has 4 fully saturated rings. The summed E-state index contributed by atoms with van der Waals surface area (Å²) in [4.78, 5) is 11.7. The second kappa shape index (κ2) is 4.72. The van der Waals surface area contributed by atoms with Crippen molar-refractivity contribution in [2.75, 3.05) is 7.11 Å². The Hall–Kier alpha value is -0.690. The predicted octanol–water partition coefficient (Wildman–Crippen LogP) is 0.878. The van der Waals surface area contributed by atoms with Crippen LogP contribution >= 0.6 is 0 Å². The van der Waals surface area contributed by atoms with Gasteiger partial charge in [0.2, 0.25) is 0 Å². The molecule has 9 atom stereocenters. The van der Waals surface area contributed by atoms with Crippen LogP contribution in [0.4, 0.5) is 0 Å². The molecular weight excluding hydrogens is 312 g/mol. The molecule has 2 aliphatic carbocycles. The lowest BCUT2D eigenvalue weighted by atomic mass is 9.47. The molecule has 2 heterocycles. The van der Waals surface area contributed by atoms with Crippen molar-refractivity contribution >= 4 is 5.97 Å². The van der Waals surface area contributed by atoms with Crippen LogP contribution in [0.25, 0.3) is 0 Å². The van der Waals surface area contributed by atoms with Crippen LogP contribution in [0.3, 0.4) is 0 Å². The zero-order chi connectivity index (χ0) is 17.7. The van der Waals surface area contributed by atoms with Crippen molar-refractivity contribution in [2.24, 2.45) is 23.2 Å². The first kappa shape index (κ1) is 16.8. The minimum Gasteiger partial charge on any atom is -0.459 e. The second-order valence-corrected chi connectivity index (χ2v) is 9.02. The second-order valence-electron chi connectivity index (χ2n) is 9.02. The summed E-state index contributed by atoms with van der Waals surface area (Å²) in [5.74, 6) is -0.661. The molecule has 0 unspecified atom stereocenters. The van der Waals surface area contributed by atoms with Crippen LogP contribution in [0, 0.1) is 23.2 Å². The number of aliphatic hydroxyl groups excluding tert-OH is 1. The van der Waals surface area contributed by atoms with Gasteiger partial charge in [-0.1, -0.05) is 13.8 Å². The van der Waals surface area contributed by atoms with Gasteiger partial charge in [-0.15, -0.1) is 0 Å². The van der Waals surface area contributed by atoms with Crippen LogP contribution in [0.1, 0.15) is 40.5 Å². The number of aliphatic hydroxyl groups is 2. The van der Waals surface area contributed by atoms with E-state index >= 15 is 0 Å². The van der Waals surface area contributed by atoms with Gasteiger partial charge in [-0.3, -0.25) is 4.79 Å². The fraction of sp³-hybridized carbons (Fsp3) is 0.944. The lowest BCUT2D eigenvalue weighted by Crippen LogP contribution is -2.68. The smallest absolute Gasteiger partial charge is 0.303 e. The Kier molecular flexibility index (Phi) is 3.30. The Labute approximate surface area is 142 Å². The maximum absolute atomic E-state index is 11.7. The molecule has 0 aromatic rings. The van der Waals surface area contributed by atoms with E-state index in [0.29, 0.717) is 6.42 Å². The molecule has 6 nitrogen and oxygen atoms in total. The summed E-state index contributed by atoms with van der Waals surface area (Å²) in [6.07, 6.45) is -0.712. The number of rotatable bonds is 2. The standard InChI is InChI=1S/C18H28O6/c1-8(19)23-10-7-17(4,21)12-14-11(13(20)15(12)22-5)9-6-16(2,3)18(9,10)24-14/h9-15,20-21H,6-7H2,1-5H3/t9-,10+,11+,12+,13-,14+,15-,17-,18-/m1/s1. The summed E-state index contributed by atoms with van der Waals surface area (Å²) in [6.45, 7) is 7.38. The summed E-state index contributed by atoms with van der Waals surface area (Å²) in [6, 6.07) is 0. The van der Waals surface area contributed by atoms with Crippen LogP contribution in [0.15, 0.2) is 0 Å². The molecule has 0 aromatic carbocycles. The number of hydrogen-bond donors (Lipinski definition) is 2. The molecule has 2 bridgehead atoms. The number of carbonyl (C=O) groups is 1. The Morgan fingerprint density at radius 1 is 1.25 bits per heavy atom. The van der Waals surface area contributed by atoms with Crippen molar-refractivity contribution in [3.63, 3.8) is 0 Å². The molecule has 2 saturated heterocycles. The van der Waals surface area contributed by atoms with Gasteiger partial charge in [-0.25, -0.2) is 0 Å². The minimum atomic E-state index is -1.14. The highest BCUT2D eigenvalue weighted by Gasteiger charge is 2.81. The van der Waals surface area contributed by atoms with Gasteiger partial charge in [0.15, 0.2) is 0 Å². The van der Waals surface area contributed by atoms with Gasteiger partial charge in [-0.2, -0.15) is 0 Å². The first-order chi connectivity index (χ1) is 11.1. The van der Waals surface area contributed by atoms with Gasteiger partial charge in [0.25, 0.3) is 0 Å². The van der Waals surface area contributed by atoms with E-state index in [1.54, 1.807) is 14.0 Å². The third-order valence-electron chi connectivity index (χ3n) is 7.33. The van der Waals surface area contributed by atoms with Crippen molar-refractivity contribution in [3.8, 4) is 0 Å². The Morgan fingerprint density at radius 2 is 1.92 bits per heavy atom. The van der Waals surface area contributed by atoms with Crippen molar-refractivity contribution in [3.05, 3.63) is 0 Å². The largest absolute Gasteiger partial charge is 0.459 e. The normalized spacial score (nSPS) is 57.0. The van der Waals surface area contributed by atoms with Crippen molar-refractivity contribution in [1.82, 2.24) is 0 Å². The van der Waals surface area contributed by atoms with E-state index in [2.05, 4.69) is 13.8 Å². The predicted molar refractivity (Wildman–Crippen MR) is 84.1 cm³/mol. The molecule has 0 radical (unpaired) electrons. The first-order valence-electron chi connectivity index (χ1n) is 8.85. The number of hydrogen-bond acceptors (Lipinski definition) is 6. The van der Waals surface area contributed by atoms with Crippen molar-refractivity contribution < 1.29 is 29.2 Å². The summed E-state index contributed by atoms with van der Waals surface area (Å²) in [5, 5.41) is 22.1. The van der Waals surface area contributed by atoms with Gasteiger partial charge >= 0.3 is 5.97 Å². The number of ether oxygens (including phenoxy) is 3. The summed E-state index contributed by atoms with van der Waals surface area (Å²) in [7, 11) is 1.57. The van der Waals surface area contributed by atoms with Crippen LogP contribution in [0.5, 0.6) is 0 Å². The minimum absolute atomic E-state index is 0.0854. The third-order valence-corrected chi connectivity index (χ3v) is 7.33. The van der Waals surface area contributed by atoms with Crippen LogP contribution < -0.4 is 0 Å². The molecule has 2 saturated carbocycles. The molecule has 24 heavy (non-hydrogen) atoms. The molecule has 0 amide bonds. The third kappa shape index (κ3) is 1.73. The molecule has 0 aromatic heterocycles. The Balaban J connectivity index is 1.84. The van der Waals surface area contributed by atoms with Crippen LogP contribution in [-0.4, -0.2) is 58.9 Å². The zero-order valence-corrected chi connectivity index (χ0v) is 15.0. The molecular formula is C18H28O6. The number of methoxy groups -OCH3 is 1. The number of esters is 1. The van der Waals surface area contributed by atoms with E-state index in [4.69, 9.17) is 14.2 Å². The average Bonchev–Trinajstić information content (AvgIpc) is 2.84. The lowest BCUT2D eigenvalue weighted by molar-refractivity contribution is -0.258. The molecule has 1 spiro atoms. The van der Waals surface area contributed by atoms with Gasteiger partial charge in [-0.05, 0) is 18.8 Å². The van der Waals surface area contributed by atoms with E-state index in [1.807, 2.05) is 0 Å². The maximum atomic E-state index is 11.7. The van der Waals surface area contributed by atoms with Gasteiger partial charge < -0.3 is 24.4 Å². The quantitative estimate of drug-likeness (QED) is 0.726. The van der Waals surface area contributed by atoms with E-state index in [-0.39, 0.29) is 35.2 Å². The van der Waals surface area contributed by atoms with E-state index in [1.165, 1.54) is 6.92 Å². The molecule has 4 aliphatic rings. The van der Waals surface area contributed by atoms with Gasteiger partial charge in [0.05, 0.1) is 23.9 Å². The lowest BCUT2D eigenvalue weighted by Gasteiger charge is -2.61. The van der Waals surface area contributed by atoms with E-state index in [0.717, 1.165) is 6.42 Å². The fourth-order valence-electron chi connectivity index (χ4n) is 6.53. The highest BCUT2D eigenvalue weighted by Crippen LogP contribution is 2.72. The topological polar surface area (TPSA) is 85.2 Å². The van der Waals surface area contributed by atoms with Gasteiger partial charge in [0.1, 0.15) is 11.7 Å². The molecule has 4 rings (SSSR count). The highest BCUT2D eigenvalue weighted by atomic mass is 16.6. The summed E-state index contributed by atoms with van der Waals surface area (Å²) in [5.41, 5.74) is -1.94. The van der Waals surface area contributed by atoms with Crippen molar-refractivity contribution in [1.29, 1.82) is 0 Å². The molecule has 2 aliphatic heterocycles. The summed E-state index contributed by atoms with van der Waals surface area (Å²) >= 11 is 0. The Morgan fingerprint density at radius 3 is 2.46 bits per heavy atom. The molecule has 6 heteroatoms. The first-order valence-corrected chi connectivity index (χ1v) is 8.85. The van der Waals surface area contributed by atoms with Crippen molar-refractivity contribution in [2.45, 2.75) is 76.2 Å². The molecule has 136 valence electrons. The van der Waals surface area contributed by atoms with E-state index in [9.17, 15) is 15.0 Å². The summed E-state index contributed by atoms with van der Waals surface area (Å²) < 4.78 is 17.8. The fourth-order valence-corrected chi connectivity index (χ4v) is 6.53. The average molecular weight is 340 g/mol. The Bertz CT molecular complexity index is 572. The SMILES string of the molecule is CO[C@H]1[C@H](O)[C@H]2[C@@H]3O[C@@]4([C@@H](OC(C)=O)C[C@@](C)(O)[C@H]13)[C@@H]2CC4(C)C. The zero-order valence-electron chi connectivity index (χ0n) is 15.0.